The molecule has 1 aliphatic heterocycles. The number of rotatable bonds is 8. The van der Waals surface area contributed by atoms with Crippen molar-refractivity contribution in [1.29, 1.82) is 0 Å². The molecule has 1 amide bonds. The summed E-state index contributed by atoms with van der Waals surface area (Å²) in [5.74, 6) is 1.96. The van der Waals surface area contributed by atoms with Gasteiger partial charge in [0.15, 0.2) is 0 Å². The van der Waals surface area contributed by atoms with Crippen LogP contribution in [0.4, 0.5) is 10.6 Å². The smallest absolute Gasteiger partial charge is 0.410 e. The van der Waals surface area contributed by atoms with Crippen LogP contribution in [0, 0.1) is 11.8 Å². The molecule has 1 N–H and O–H groups in total. The van der Waals surface area contributed by atoms with Crippen LogP contribution in [0.15, 0.2) is 11.2 Å². The number of anilines is 1. The number of ether oxygens (including phenoxy) is 1. The third-order valence-corrected chi connectivity index (χ3v) is 7.26. The van der Waals surface area contributed by atoms with Gasteiger partial charge in [0, 0.05) is 31.5 Å². The Morgan fingerprint density at radius 3 is 2.72 bits per heavy atom. The van der Waals surface area contributed by atoms with Crippen molar-refractivity contribution in [3.05, 3.63) is 11.8 Å². The van der Waals surface area contributed by atoms with E-state index in [0.29, 0.717) is 30.8 Å². The molecule has 1 saturated carbocycles. The number of carbonyl (C=O) groups excluding carboxylic acids is 1. The van der Waals surface area contributed by atoms with Gasteiger partial charge in [-0.1, -0.05) is 27.2 Å². The van der Waals surface area contributed by atoms with E-state index in [1.165, 1.54) is 4.52 Å². The SMILES string of the molecule is CCCCOC(=O)N1C[C@@H]2C[C@H]1C[C@H]2CNc1cc(C(C)C)nc2nc(S(C)(=O)=O)nn12. The number of nitrogens with zero attached hydrogens (tertiary/aromatic N) is 5. The highest BCUT2D eigenvalue weighted by Crippen LogP contribution is 2.42. The molecule has 2 bridgehead atoms. The van der Waals surface area contributed by atoms with Crippen molar-refractivity contribution in [2.45, 2.75) is 63.6 Å². The van der Waals surface area contributed by atoms with Crippen LogP contribution in [0.25, 0.3) is 5.78 Å². The minimum absolute atomic E-state index is 0.161. The Morgan fingerprint density at radius 2 is 2.09 bits per heavy atom. The van der Waals surface area contributed by atoms with Gasteiger partial charge in [0.1, 0.15) is 5.82 Å². The lowest BCUT2D eigenvalue weighted by atomic mass is 9.94. The first-order valence-electron chi connectivity index (χ1n) is 11.3. The lowest BCUT2D eigenvalue weighted by Crippen LogP contribution is -2.41. The van der Waals surface area contributed by atoms with Gasteiger partial charge in [0.25, 0.3) is 10.9 Å². The summed E-state index contributed by atoms with van der Waals surface area (Å²) >= 11 is 0. The van der Waals surface area contributed by atoms with Gasteiger partial charge in [0.2, 0.25) is 9.84 Å². The first-order valence-corrected chi connectivity index (χ1v) is 13.2. The predicted molar refractivity (Wildman–Crippen MR) is 119 cm³/mol. The highest BCUT2D eigenvalue weighted by Gasteiger charge is 2.46. The maximum Gasteiger partial charge on any atom is 0.410 e. The molecule has 32 heavy (non-hydrogen) atoms. The second-order valence-electron chi connectivity index (χ2n) is 9.25. The molecule has 3 atom stereocenters. The average molecular weight is 465 g/mol. The first-order chi connectivity index (χ1) is 15.2. The van der Waals surface area contributed by atoms with Crippen LogP contribution in [-0.4, -0.2) is 71.0 Å². The Hall–Kier alpha value is -2.43. The molecule has 2 aromatic heterocycles. The molecule has 3 heterocycles. The molecule has 176 valence electrons. The Kier molecular flexibility index (Phi) is 6.28. The van der Waals surface area contributed by atoms with Crippen LogP contribution in [0.5, 0.6) is 0 Å². The number of sulfone groups is 1. The van der Waals surface area contributed by atoms with Crippen LogP contribution in [0.3, 0.4) is 0 Å². The molecule has 2 fully saturated rings. The van der Waals surface area contributed by atoms with Gasteiger partial charge in [-0.15, -0.1) is 5.10 Å². The Balaban J connectivity index is 1.45. The zero-order valence-electron chi connectivity index (χ0n) is 19.1. The Bertz CT molecular complexity index is 1100. The molecule has 4 rings (SSSR count). The third kappa shape index (κ3) is 4.53. The van der Waals surface area contributed by atoms with Crippen molar-refractivity contribution < 1.29 is 17.9 Å². The number of aromatic nitrogens is 4. The molecule has 0 unspecified atom stereocenters. The largest absolute Gasteiger partial charge is 0.449 e. The number of hydrogen-bond acceptors (Lipinski definition) is 8. The summed E-state index contributed by atoms with van der Waals surface area (Å²) in [5.41, 5.74) is 0.821. The zero-order valence-corrected chi connectivity index (χ0v) is 19.9. The van der Waals surface area contributed by atoms with Gasteiger partial charge >= 0.3 is 6.09 Å². The molecule has 0 aromatic carbocycles. The Labute approximate surface area is 188 Å². The minimum atomic E-state index is -3.54. The standard InChI is InChI=1S/C21H32N6O4S/c1-5-6-7-31-21(28)26-12-15-9-16(26)8-14(15)11-22-18-10-17(13(2)3)23-19-24-20(25-27(18)19)32(4,29)30/h10,13-16,22H,5-9,11-12H2,1-4H3/t14-,15-,16+/m0/s1. The first kappa shape index (κ1) is 22.8. The normalized spacial score (nSPS) is 22.8. The summed E-state index contributed by atoms with van der Waals surface area (Å²) in [6.45, 7) is 8.06. The van der Waals surface area contributed by atoms with Crippen molar-refractivity contribution in [3.8, 4) is 0 Å². The topological polar surface area (TPSA) is 119 Å². The van der Waals surface area contributed by atoms with E-state index in [1.807, 2.05) is 24.8 Å². The van der Waals surface area contributed by atoms with Gasteiger partial charge < -0.3 is 15.0 Å². The van der Waals surface area contributed by atoms with Crippen molar-refractivity contribution in [2.24, 2.45) is 11.8 Å². The number of hydrogen-bond donors (Lipinski definition) is 1. The zero-order chi connectivity index (χ0) is 23.0. The van der Waals surface area contributed by atoms with Crippen LogP contribution < -0.4 is 5.32 Å². The van der Waals surface area contributed by atoms with Crippen molar-refractivity contribution in [1.82, 2.24) is 24.5 Å². The second kappa shape index (κ2) is 8.84. The fourth-order valence-corrected chi connectivity index (χ4v) is 5.08. The molecule has 0 spiro atoms. The monoisotopic (exact) mass is 464 g/mol. The minimum Gasteiger partial charge on any atom is -0.449 e. The van der Waals surface area contributed by atoms with Crippen molar-refractivity contribution in [3.63, 3.8) is 0 Å². The molecule has 1 saturated heterocycles. The summed E-state index contributed by atoms with van der Waals surface area (Å²) in [6.07, 6.45) is 4.73. The van der Waals surface area contributed by atoms with E-state index in [-0.39, 0.29) is 29.0 Å². The molecule has 11 heteroatoms. The van der Waals surface area contributed by atoms with E-state index in [4.69, 9.17) is 4.74 Å². The van der Waals surface area contributed by atoms with Crippen molar-refractivity contribution >= 4 is 27.5 Å². The predicted octanol–water partition coefficient (Wildman–Crippen LogP) is 2.71. The summed E-state index contributed by atoms with van der Waals surface area (Å²) in [4.78, 5) is 22.8. The molecule has 1 aliphatic carbocycles. The van der Waals surface area contributed by atoms with E-state index >= 15 is 0 Å². The molecular formula is C21H32N6O4S. The van der Waals surface area contributed by atoms with E-state index in [9.17, 15) is 13.2 Å². The number of unbranched alkanes of at least 4 members (excludes halogenated alkanes) is 1. The van der Waals surface area contributed by atoms with Gasteiger partial charge in [-0.2, -0.15) is 9.50 Å². The quantitative estimate of drug-likeness (QED) is 0.592. The average Bonchev–Trinajstić information content (AvgIpc) is 3.45. The second-order valence-corrected chi connectivity index (χ2v) is 11.2. The number of nitrogens with one attached hydrogen (secondary N) is 1. The van der Waals surface area contributed by atoms with Crippen molar-refractivity contribution in [2.75, 3.05) is 31.3 Å². The number of carbonyl (C=O) groups is 1. The molecule has 10 nitrogen and oxygen atoms in total. The molecular weight excluding hydrogens is 432 g/mol. The van der Waals surface area contributed by atoms with Crippen LogP contribution in [-0.2, 0) is 14.6 Å². The van der Waals surface area contributed by atoms with Gasteiger partial charge in [-0.05, 0) is 37.0 Å². The third-order valence-electron chi connectivity index (χ3n) is 6.43. The van der Waals surface area contributed by atoms with Crippen LogP contribution >= 0.6 is 0 Å². The summed E-state index contributed by atoms with van der Waals surface area (Å²) in [6, 6.07) is 2.14. The maximum absolute atomic E-state index is 12.3. The number of fused-ring (bicyclic) bond motifs is 3. The van der Waals surface area contributed by atoms with Gasteiger partial charge in [-0.25, -0.2) is 18.2 Å². The summed E-state index contributed by atoms with van der Waals surface area (Å²) < 4.78 is 30.7. The lowest BCUT2D eigenvalue weighted by molar-refractivity contribution is 0.0839. The fourth-order valence-electron chi connectivity index (χ4n) is 4.60. The van der Waals surface area contributed by atoms with E-state index in [1.54, 1.807) is 0 Å². The Morgan fingerprint density at radius 1 is 1.31 bits per heavy atom. The molecule has 0 radical (unpaired) electrons. The van der Waals surface area contributed by atoms with Gasteiger partial charge in [0.05, 0.1) is 12.3 Å². The number of piperidine rings is 1. The highest BCUT2D eigenvalue weighted by atomic mass is 32.2. The number of likely N-dealkylation sites (tertiary alicyclic amines) is 1. The van der Waals surface area contributed by atoms with E-state index in [2.05, 4.69) is 27.3 Å². The molecule has 2 aromatic rings. The summed E-state index contributed by atoms with van der Waals surface area (Å²) in [7, 11) is -3.54. The fraction of sp³-hybridized carbons (Fsp3) is 0.714. The lowest BCUT2D eigenvalue weighted by Gasteiger charge is -2.31. The number of amides is 1. The van der Waals surface area contributed by atoms with Crippen LogP contribution in [0.2, 0.25) is 0 Å². The molecule has 2 aliphatic rings. The maximum atomic E-state index is 12.3. The van der Waals surface area contributed by atoms with Gasteiger partial charge in [-0.3, -0.25) is 0 Å². The highest BCUT2D eigenvalue weighted by molar-refractivity contribution is 7.90. The van der Waals surface area contributed by atoms with E-state index in [0.717, 1.165) is 44.2 Å². The summed E-state index contributed by atoms with van der Waals surface area (Å²) in [5, 5.41) is 7.39. The van der Waals surface area contributed by atoms with Crippen LogP contribution in [0.1, 0.15) is 58.1 Å². The van der Waals surface area contributed by atoms with E-state index < -0.39 is 9.84 Å².